The number of aryl methyl sites for hydroxylation is 2. The van der Waals surface area contributed by atoms with E-state index in [2.05, 4.69) is 15.2 Å². The first kappa shape index (κ1) is 90.7. The van der Waals surface area contributed by atoms with Gasteiger partial charge in [0.2, 0.25) is 0 Å². The van der Waals surface area contributed by atoms with Gasteiger partial charge in [0.25, 0.3) is 43.1 Å². The average Bonchev–Trinajstić information content (AvgIpc) is 0.869. The fourth-order valence-electron chi connectivity index (χ4n) is 12.2. The normalized spacial score (nSPS) is 14.8. The summed E-state index contributed by atoms with van der Waals surface area (Å²) in [6.07, 6.45) is 5.38. The van der Waals surface area contributed by atoms with Crippen LogP contribution in [0.4, 0.5) is 0 Å². The van der Waals surface area contributed by atoms with Gasteiger partial charge in [-0.1, -0.05) is 47.8 Å². The third-order valence-corrected chi connectivity index (χ3v) is 22.2. The zero-order valence-corrected chi connectivity index (χ0v) is 66.8. The van der Waals surface area contributed by atoms with E-state index in [1.165, 1.54) is 79.7 Å². The molecule has 0 spiro atoms. The zero-order chi connectivity index (χ0) is 82.0. The number of phosphoric ester groups is 4. The van der Waals surface area contributed by atoms with E-state index < -0.39 is 99.6 Å². The Bertz CT molecular complexity index is 4910. The molecule has 5 atom stereocenters. The van der Waals surface area contributed by atoms with Crippen molar-refractivity contribution in [3.05, 3.63) is 150 Å². The summed E-state index contributed by atoms with van der Waals surface area (Å²) in [5, 5.41) is 49.5. The summed E-state index contributed by atoms with van der Waals surface area (Å²) in [5.74, 6) is -5.16. The van der Waals surface area contributed by atoms with Crippen molar-refractivity contribution in [2.75, 3.05) is 132 Å². The minimum Gasteiger partial charge on any atom is -0.872 e. The number of carboxylic acid groups (broad SMARTS) is 2. The molecule has 2 aliphatic heterocycles. The van der Waals surface area contributed by atoms with Gasteiger partial charge in [0.1, 0.15) is 22.7 Å². The summed E-state index contributed by atoms with van der Waals surface area (Å²) in [6.45, 7) is -1.88. The van der Waals surface area contributed by atoms with Crippen LogP contribution in [-0.4, -0.2) is 161 Å². The maximum absolute atomic E-state index is 13.7. The predicted molar refractivity (Wildman–Crippen MR) is 400 cm³/mol. The first-order valence-electron chi connectivity index (χ1n) is 36.2. The number of aromatic carboxylic acids is 2. The molecular formula is C74H83Cl2N3O31P4-6. The number of benzene rings is 6. The number of ether oxygens (including phenoxy) is 5. The SMILES string of the molecule is CCOP(=O)([O-])OCC(CCCCNC(=O)c1cc(Cl)c(-c2c3ccc(=N)cc-3oc3cc4c(cc23)CCCC4)c(C(=O)O)c1Cl)COP(=O)([O-])OCCOCCOP(=O)([O-])OCCOCCOCCOCCOCCOP(=O)([O-])OCCCCCNC(=O)c1ccc(-c2c3ccc(=O)cc-3oc3cc([O-])ccc23)c(C(=O)[O-])c1. The number of carbonyl (C=O) groups is 4. The highest BCUT2D eigenvalue weighted by atomic mass is 35.5. The summed E-state index contributed by atoms with van der Waals surface area (Å²) >= 11 is 13.8. The van der Waals surface area contributed by atoms with Gasteiger partial charge < -0.3 is 124 Å². The zero-order valence-electron chi connectivity index (χ0n) is 61.7. The molecule has 34 nitrogen and oxygen atoms in total. The van der Waals surface area contributed by atoms with Crippen molar-refractivity contribution >= 4 is 100 Å². The number of carboxylic acids is 2. The third-order valence-electron chi connectivity index (χ3n) is 17.5. The Labute approximate surface area is 663 Å². The van der Waals surface area contributed by atoms with Gasteiger partial charge >= 0.3 is 5.97 Å². The number of unbranched alkanes of at least 4 members (excludes halogenated alkanes) is 3. The van der Waals surface area contributed by atoms with Gasteiger partial charge in [-0.2, -0.15) is 0 Å². The molecule has 5 aliphatic rings. The lowest BCUT2D eigenvalue weighted by Crippen LogP contribution is -2.27. The van der Waals surface area contributed by atoms with Crippen LogP contribution in [0.3, 0.4) is 0 Å². The lowest BCUT2D eigenvalue weighted by molar-refractivity contribution is -0.268. The number of amides is 2. The molecule has 0 aromatic heterocycles. The van der Waals surface area contributed by atoms with Crippen molar-refractivity contribution in [2.45, 2.75) is 71.1 Å². The standard InChI is InChI=1S/C74H89Cl2N3O31P4/c1-2-101-111(88,89)107-45-47(10-6-8-22-79-72(83)60-44-61(75)68(69(70(60)76)74(86)87)67-57-18-14-51(77)41-63(57)109-62-40-49-12-5-4-11-48(49)38-59(62)67)46-108-114(94,95)106-37-33-100-32-36-105-113(92,93)104-35-31-99-29-27-97-25-24-96-26-28-98-30-34-103-112(90,91)102-23-9-3-7-21-78-71(82)50-13-17-54(58(39-50)73(84)85)66-55-19-15-52(80)42-64(55)110-65-43-53(81)16-20-56(65)66/h13-20,38-44,47,77,80H,2-12,21-37,45-46H2,1H3,(H,78,82)(H,79,83)(H,84,85)(H,86,87)(H,88,89)(H,90,91)(H,92,93)(H,94,95)/p-6. The van der Waals surface area contributed by atoms with Crippen molar-refractivity contribution in [2.24, 2.45) is 5.92 Å². The lowest BCUT2D eigenvalue weighted by Gasteiger charge is -2.28. The minimum absolute atomic E-state index is 0.00800. The molecule has 0 fully saturated rings. The van der Waals surface area contributed by atoms with Crippen molar-refractivity contribution in [1.82, 2.24) is 10.6 Å². The Kier molecular flexibility index (Phi) is 34.8. The number of carbonyl (C=O) groups excluding carboxylic acids is 3. The molecule has 114 heavy (non-hydrogen) atoms. The van der Waals surface area contributed by atoms with Crippen LogP contribution in [0.25, 0.3) is 66.8 Å². The molecule has 620 valence electrons. The van der Waals surface area contributed by atoms with Crippen LogP contribution in [-0.2, 0) is 91.0 Å². The van der Waals surface area contributed by atoms with E-state index in [0.717, 1.165) is 36.8 Å². The molecule has 9 rings (SSSR count). The summed E-state index contributed by atoms with van der Waals surface area (Å²) in [6, 6.07) is 21.9. The van der Waals surface area contributed by atoms with Crippen LogP contribution in [0.15, 0.2) is 105 Å². The highest BCUT2D eigenvalue weighted by Crippen LogP contribution is 2.49. The fourth-order valence-corrected chi connectivity index (χ4v) is 15.7. The topological polar surface area (TPSA) is 506 Å². The average molecular weight is 1710 g/mol. The number of halogens is 2. The van der Waals surface area contributed by atoms with Crippen LogP contribution in [0.5, 0.6) is 5.75 Å². The first-order chi connectivity index (χ1) is 54.5. The van der Waals surface area contributed by atoms with Crippen LogP contribution in [0.1, 0.15) is 111 Å². The van der Waals surface area contributed by atoms with E-state index >= 15 is 0 Å². The number of rotatable bonds is 51. The fraction of sp³-hybridized carbons (Fsp3) is 0.432. The molecular weight excluding hydrogens is 1620 g/mol. The molecule has 0 bridgehead atoms. The molecule has 3 aliphatic carbocycles. The second-order valence-corrected chi connectivity index (χ2v) is 32.0. The third kappa shape index (κ3) is 27.2. The predicted octanol–water partition coefficient (Wildman–Crippen LogP) is 8.11. The smallest absolute Gasteiger partial charge is 0.337 e. The second kappa shape index (κ2) is 43.8. The molecule has 4 N–H and O–H groups in total. The van der Waals surface area contributed by atoms with E-state index in [4.69, 9.17) is 92.8 Å². The molecule has 0 saturated carbocycles. The summed E-state index contributed by atoms with van der Waals surface area (Å²) in [7, 11) is -19.3. The Morgan fingerprint density at radius 1 is 0.518 bits per heavy atom. The number of phosphoric acid groups is 4. The Morgan fingerprint density at radius 3 is 1.60 bits per heavy atom. The molecule has 2 heterocycles. The van der Waals surface area contributed by atoms with E-state index in [-0.39, 0.29) is 184 Å². The number of hydrogen-bond acceptors (Lipinski definition) is 31. The Morgan fingerprint density at radius 2 is 1.02 bits per heavy atom. The van der Waals surface area contributed by atoms with Gasteiger partial charge in [-0.25, -0.2) is 4.79 Å². The van der Waals surface area contributed by atoms with Crippen molar-refractivity contribution < 1.29 is 141 Å². The van der Waals surface area contributed by atoms with Crippen LogP contribution >= 0.6 is 54.5 Å². The highest BCUT2D eigenvalue weighted by molar-refractivity contribution is 7.46. The largest absolute Gasteiger partial charge is 0.872 e. The highest BCUT2D eigenvalue weighted by Gasteiger charge is 2.31. The number of fused-ring (bicyclic) bond motifs is 5. The maximum atomic E-state index is 13.7. The first-order valence-corrected chi connectivity index (χ1v) is 42.8. The van der Waals surface area contributed by atoms with E-state index in [9.17, 15) is 77.1 Å². The molecule has 40 heteroatoms. The van der Waals surface area contributed by atoms with Crippen LogP contribution in [0, 0.1) is 11.3 Å². The minimum atomic E-state index is -5.04. The monoisotopic (exact) mass is 1700 g/mol. The molecule has 5 unspecified atom stereocenters. The molecule has 4 aromatic carbocycles. The van der Waals surface area contributed by atoms with Crippen LogP contribution in [0.2, 0.25) is 10.0 Å². The molecule has 0 radical (unpaired) electrons. The van der Waals surface area contributed by atoms with E-state index in [1.54, 1.807) is 6.07 Å². The van der Waals surface area contributed by atoms with Crippen LogP contribution < -0.4 is 51.2 Å². The van der Waals surface area contributed by atoms with Gasteiger partial charge in [0.05, 0.1) is 151 Å². The lowest BCUT2D eigenvalue weighted by atomic mass is 9.85. The van der Waals surface area contributed by atoms with E-state index in [0.29, 0.717) is 63.6 Å². The van der Waals surface area contributed by atoms with Gasteiger partial charge in [0.15, 0.2) is 5.43 Å². The Balaban J connectivity index is 0.565. The number of nitrogens with one attached hydrogen (secondary N) is 3. The van der Waals surface area contributed by atoms with Crippen molar-refractivity contribution in [3.8, 4) is 50.7 Å². The Hall–Kier alpha value is -7.24. The van der Waals surface area contributed by atoms with Gasteiger partial charge in [0, 0.05) is 80.9 Å². The maximum Gasteiger partial charge on any atom is 0.337 e. The second-order valence-electron chi connectivity index (χ2n) is 25.6. The summed E-state index contributed by atoms with van der Waals surface area (Å²) in [4.78, 5) is 114. The van der Waals surface area contributed by atoms with E-state index in [1.807, 2.05) is 12.1 Å². The summed E-state index contributed by atoms with van der Waals surface area (Å²) < 4.78 is 127. The molecule has 0 saturated heterocycles. The van der Waals surface area contributed by atoms with Gasteiger partial charge in [-0.05, 0) is 142 Å². The molecule has 2 amide bonds. The quantitative estimate of drug-likeness (QED) is 0.0159. The van der Waals surface area contributed by atoms with Crippen molar-refractivity contribution in [1.29, 1.82) is 5.41 Å². The number of hydrogen-bond donors (Lipinski definition) is 4. The summed E-state index contributed by atoms with van der Waals surface area (Å²) in [5.41, 5.74) is 3.33. The molecule has 4 aromatic rings. The van der Waals surface area contributed by atoms with Crippen molar-refractivity contribution in [3.63, 3.8) is 0 Å². The van der Waals surface area contributed by atoms with Gasteiger partial charge in [-0.15, -0.1) is 5.75 Å². The van der Waals surface area contributed by atoms with Gasteiger partial charge in [-0.3, -0.25) is 32.6 Å².